The van der Waals surface area contributed by atoms with E-state index in [9.17, 15) is 13.2 Å². The Balaban J connectivity index is 2.49. The van der Waals surface area contributed by atoms with E-state index in [0.29, 0.717) is 5.69 Å². The Kier molecular flexibility index (Phi) is 4.10. The Bertz CT molecular complexity index is 764. The van der Waals surface area contributed by atoms with Gasteiger partial charge in [-0.2, -0.15) is 0 Å². The average molecular weight is 311 g/mol. The number of nitrogens with zero attached hydrogens (tertiary/aromatic N) is 1. The third-order valence-electron chi connectivity index (χ3n) is 2.78. The maximum Gasteiger partial charge on any atom is 0.335 e. The van der Waals surface area contributed by atoms with Crippen LogP contribution < -0.4 is 0 Å². The smallest absolute Gasteiger partial charge is 0.335 e. The number of ether oxygens (including phenoxy) is 1. The van der Waals surface area contributed by atoms with Gasteiger partial charge in [0.2, 0.25) is 15.3 Å². The van der Waals surface area contributed by atoms with E-state index < -0.39 is 21.2 Å². The molecule has 1 aromatic carbocycles. The van der Waals surface area contributed by atoms with Crippen molar-refractivity contribution in [3.63, 3.8) is 0 Å². The molecule has 1 N–H and O–H groups in total. The van der Waals surface area contributed by atoms with E-state index in [1.807, 2.05) is 0 Å². The topological polar surface area (TPSA) is 107 Å². The van der Waals surface area contributed by atoms with Crippen LogP contribution in [0.2, 0.25) is 0 Å². The summed E-state index contributed by atoms with van der Waals surface area (Å²) < 4.78 is 35.0. The Morgan fingerprint density at radius 2 is 2.10 bits per heavy atom. The van der Waals surface area contributed by atoms with Crippen molar-refractivity contribution in [3.05, 3.63) is 47.3 Å². The third-order valence-corrected chi connectivity index (χ3v) is 4.68. The Labute approximate surface area is 121 Å². The van der Waals surface area contributed by atoms with Crippen molar-refractivity contribution >= 4 is 15.8 Å². The number of rotatable bonds is 5. The lowest BCUT2D eigenvalue weighted by atomic mass is 10.2. The van der Waals surface area contributed by atoms with Crippen molar-refractivity contribution in [2.45, 2.75) is 17.3 Å². The lowest BCUT2D eigenvalue weighted by molar-refractivity contribution is 0.0696. The molecule has 0 radical (unpaired) electrons. The number of aromatic carboxylic acids is 1. The number of sulfone groups is 1. The molecule has 1 unspecified atom stereocenters. The molecule has 21 heavy (non-hydrogen) atoms. The minimum absolute atomic E-state index is 0.0377. The highest BCUT2D eigenvalue weighted by atomic mass is 32.2. The van der Waals surface area contributed by atoms with Crippen molar-refractivity contribution in [3.8, 4) is 0 Å². The van der Waals surface area contributed by atoms with Gasteiger partial charge in [-0.25, -0.2) is 13.2 Å². The molecule has 0 amide bonds. The highest BCUT2D eigenvalue weighted by Gasteiger charge is 2.32. The third kappa shape index (κ3) is 2.96. The second-order valence-electron chi connectivity index (χ2n) is 4.32. The van der Waals surface area contributed by atoms with Gasteiger partial charge in [0.15, 0.2) is 5.76 Å². The number of hydrogen-bond donors (Lipinski definition) is 1. The largest absolute Gasteiger partial charge is 0.478 e. The number of benzene rings is 1. The van der Waals surface area contributed by atoms with Crippen LogP contribution in [-0.2, 0) is 14.6 Å². The van der Waals surface area contributed by atoms with Gasteiger partial charge in [-0.05, 0) is 25.1 Å². The number of carboxylic acids is 1. The zero-order valence-corrected chi connectivity index (χ0v) is 12.1. The SMILES string of the molecule is COC(c1cc(C)no1)S(=O)(=O)c1cccc(C(=O)O)c1. The lowest BCUT2D eigenvalue weighted by Crippen LogP contribution is -2.15. The van der Waals surface area contributed by atoms with Crippen molar-refractivity contribution in [2.75, 3.05) is 7.11 Å². The number of carboxylic acid groups (broad SMARTS) is 1. The number of carbonyl (C=O) groups is 1. The highest BCUT2D eigenvalue weighted by molar-refractivity contribution is 7.91. The first-order chi connectivity index (χ1) is 9.86. The summed E-state index contributed by atoms with van der Waals surface area (Å²) in [6.07, 6.45) is 0. The molecular formula is C13H13NO6S. The maximum absolute atomic E-state index is 12.5. The van der Waals surface area contributed by atoms with E-state index in [2.05, 4.69) is 5.16 Å². The first-order valence-electron chi connectivity index (χ1n) is 5.89. The molecule has 0 aliphatic rings. The van der Waals surface area contributed by atoms with Gasteiger partial charge in [0.1, 0.15) is 0 Å². The number of aryl methyl sites for hydroxylation is 1. The van der Waals surface area contributed by atoms with E-state index in [4.69, 9.17) is 14.4 Å². The quantitative estimate of drug-likeness (QED) is 0.897. The fraction of sp³-hybridized carbons (Fsp3) is 0.231. The van der Waals surface area contributed by atoms with Gasteiger partial charge >= 0.3 is 5.97 Å². The van der Waals surface area contributed by atoms with Crippen LogP contribution in [0.5, 0.6) is 0 Å². The van der Waals surface area contributed by atoms with Crippen LogP contribution in [0, 0.1) is 6.92 Å². The van der Waals surface area contributed by atoms with Crippen LogP contribution in [0.4, 0.5) is 0 Å². The molecule has 0 aliphatic carbocycles. The Morgan fingerprint density at radius 1 is 1.38 bits per heavy atom. The maximum atomic E-state index is 12.5. The van der Waals surface area contributed by atoms with E-state index in [1.54, 1.807) is 6.92 Å². The minimum atomic E-state index is -3.97. The van der Waals surface area contributed by atoms with E-state index in [1.165, 1.54) is 31.4 Å². The fourth-order valence-electron chi connectivity index (χ4n) is 1.82. The Hall–Kier alpha value is -2.19. The second-order valence-corrected chi connectivity index (χ2v) is 6.31. The second kappa shape index (κ2) is 5.66. The molecular weight excluding hydrogens is 298 g/mol. The molecule has 0 fully saturated rings. The summed E-state index contributed by atoms with van der Waals surface area (Å²) in [5.74, 6) is -1.17. The normalized spacial score (nSPS) is 13.0. The molecule has 2 aromatic rings. The molecule has 0 spiro atoms. The molecule has 2 rings (SSSR count). The molecule has 7 nitrogen and oxygen atoms in total. The Morgan fingerprint density at radius 3 is 2.62 bits per heavy atom. The summed E-state index contributed by atoms with van der Waals surface area (Å²) in [6.45, 7) is 1.65. The summed E-state index contributed by atoms with van der Waals surface area (Å²) in [4.78, 5) is 10.8. The number of aromatic nitrogens is 1. The van der Waals surface area contributed by atoms with Gasteiger partial charge in [-0.15, -0.1) is 0 Å². The minimum Gasteiger partial charge on any atom is -0.478 e. The van der Waals surface area contributed by atoms with Gasteiger partial charge in [0.05, 0.1) is 16.2 Å². The van der Waals surface area contributed by atoms with E-state index in [0.717, 1.165) is 6.07 Å². The van der Waals surface area contributed by atoms with Crippen LogP contribution in [0.25, 0.3) is 0 Å². The van der Waals surface area contributed by atoms with Gasteiger partial charge < -0.3 is 14.4 Å². The van der Waals surface area contributed by atoms with E-state index in [-0.39, 0.29) is 16.2 Å². The van der Waals surface area contributed by atoms with Gasteiger partial charge in [0, 0.05) is 13.2 Å². The van der Waals surface area contributed by atoms with Crippen molar-refractivity contribution in [2.24, 2.45) is 0 Å². The summed E-state index contributed by atoms with van der Waals surface area (Å²) >= 11 is 0. The van der Waals surface area contributed by atoms with Crippen LogP contribution in [0.3, 0.4) is 0 Å². The molecule has 0 bridgehead atoms. The number of methoxy groups -OCH3 is 1. The first kappa shape index (κ1) is 15.2. The van der Waals surface area contributed by atoms with Crippen LogP contribution in [0.1, 0.15) is 27.2 Å². The van der Waals surface area contributed by atoms with Crippen LogP contribution in [0.15, 0.2) is 39.8 Å². The zero-order valence-electron chi connectivity index (χ0n) is 11.3. The molecule has 1 heterocycles. The van der Waals surface area contributed by atoms with Crippen molar-refractivity contribution < 1.29 is 27.6 Å². The van der Waals surface area contributed by atoms with Crippen molar-refractivity contribution in [1.29, 1.82) is 0 Å². The van der Waals surface area contributed by atoms with Gasteiger partial charge in [-0.3, -0.25) is 0 Å². The van der Waals surface area contributed by atoms with Crippen molar-refractivity contribution in [1.82, 2.24) is 5.16 Å². The molecule has 112 valence electrons. The summed E-state index contributed by atoms with van der Waals surface area (Å²) in [5.41, 5.74) is -0.996. The molecule has 0 saturated heterocycles. The number of hydrogen-bond acceptors (Lipinski definition) is 6. The predicted octanol–water partition coefficient (Wildman–Crippen LogP) is 1.80. The lowest BCUT2D eigenvalue weighted by Gasteiger charge is -2.13. The zero-order chi connectivity index (χ0) is 15.6. The standard InChI is InChI=1S/C13H13NO6S/c1-8-6-11(20-14-8)13(19-2)21(17,18)10-5-3-4-9(7-10)12(15)16/h3-7,13H,1-2H3,(H,15,16). The highest BCUT2D eigenvalue weighted by Crippen LogP contribution is 2.30. The summed E-state index contributed by atoms with van der Waals surface area (Å²) in [7, 11) is -2.74. The fourth-order valence-corrected chi connectivity index (χ4v) is 3.30. The van der Waals surface area contributed by atoms with Crippen LogP contribution in [-0.4, -0.2) is 31.8 Å². The molecule has 1 atom stereocenters. The van der Waals surface area contributed by atoms with E-state index >= 15 is 0 Å². The summed E-state index contributed by atoms with van der Waals surface area (Å²) in [5, 5.41) is 12.6. The summed E-state index contributed by atoms with van der Waals surface area (Å²) in [6, 6.07) is 6.49. The predicted molar refractivity (Wildman–Crippen MR) is 71.6 cm³/mol. The first-order valence-corrected chi connectivity index (χ1v) is 7.44. The monoisotopic (exact) mass is 311 g/mol. The van der Waals surface area contributed by atoms with Gasteiger partial charge in [-0.1, -0.05) is 11.2 Å². The molecule has 0 saturated carbocycles. The molecule has 0 aliphatic heterocycles. The van der Waals surface area contributed by atoms with Gasteiger partial charge in [0.25, 0.3) is 0 Å². The average Bonchev–Trinajstić information content (AvgIpc) is 2.85. The molecule has 8 heteroatoms. The molecule has 1 aromatic heterocycles. The van der Waals surface area contributed by atoms with Crippen LogP contribution >= 0.6 is 0 Å².